The molecule has 0 radical (unpaired) electrons. The smallest absolute Gasteiger partial charge is 0.220 e. The molecule has 1 saturated carbocycles. The van der Waals surface area contributed by atoms with Crippen LogP contribution in [0.3, 0.4) is 0 Å². The number of carbonyl (C=O) groups excluding carboxylic acids is 1. The molecule has 36 heavy (non-hydrogen) atoms. The molecule has 5 atom stereocenters. The van der Waals surface area contributed by atoms with Crippen LogP contribution in [0.4, 0.5) is 0 Å². The molecule has 0 aliphatic heterocycles. The van der Waals surface area contributed by atoms with Crippen LogP contribution in [-0.2, 0) is 18.3 Å². The van der Waals surface area contributed by atoms with Gasteiger partial charge in [-0.1, -0.05) is 62.2 Å². The van der Waals surface area contributed by atoms with Gasteiger partial charge in [-0.15, -0.1) is 0 Å². The van der Waals surface area contributed by atoms with Gasteiger partial charge < -0.3 is 20.1 Å². The van der Waals surface area contributed by atoms with E-state index in [9.17, 15) is 15.0 Å². The van der Waals surface area contributed by atoms with Gasteiger partial charge in [0.05, 0.1) is 23.2 Å². The van der Waals surface area contributed by atoms with Crippen molar-refractivity contribution < 1.29 is 15.0 Å². The van der Waals surface area contributed by atoms with Gasteiger partial charge in [0.25, 0.3) is 0 Å². The van der Waals surface area contributed by atoms with Gasteiger partial charge in [-0.05, 0) is 54.4 Å². The van der Waals surface area contributed by atoms with Crippen LogP contribution in [0, 0.1) is 11.3 Å². The SMILES string of the molecule is C[C@@H]1CC[C@](C)(CNC(=O)CCc2nc3cc(Cl)ccc3n2C)C[C@H](c2ccccc2)[C@@H](O)[C@@H](O)C1. The lowest BCUT2D eigenvalue weighted by atomic mass is 9.73. The van der Waals surface area contributed by atoms with Crippen molar-refractivity contribution in [3.63, 3.8) is 0 Å². The lowest BCUT2D eigenvalue weighted by Gasteiger charge is -2.36. The van der Waals surface area contributed by atoms with Crippen LogP contribution in [0.1, 0.15) is 63.3 Å². The summed E-state index contributed by atoms with van der Waals surface area (Å²) in [5.41, 5.74) is 2.65. The fourth-order valence-corrected chi connectivity index (χ4v) is 5.70. The Hall–Kier alpha value is -2.41. The molecule has 1 amide bonds. The Morgan fingerprint density at radius 2 is 1.97 bits per heavy atom. The maximum atomic E-state index is 12.9. The molecular weight excluding hydrogens is 474 g/mol. The van der Waals surface area contributed by atoms with Crippen molar-refractivity contribution >= 4 is 28.5 Å². The maximum absolute atomic E-state index is 12.9. The van der Waals surface area contributed by atoms with E-state index in [-0.39, 0.29) is 17.2 Å². The summed E-state index contributed by atoms with van der Waals surface area (Å²) in [7, 11) is 1.96. The van der Waals surface area contributed by atoms with E-state index in [0.29, 0.717) is 43.2 Å². The number of nitrogens with zero attached hydrogens (tertiary/aromatic N) is 2. The largest absolute Gasteiger partial charge is 0.390 e. The number of carbonyl (C=O) groups is 1. The number of aliphatic hydroxyl groups is 2. The molecule has 1 fully saturated rings. The molecule has 3 N–H and O–H groups in total. The topological polar surface area (TPSA) is 87.4 Å². The zero-order chi connectivity index (χ0) is 25.9. The first-order chi connectivity index (χ1) is 17.1. The number of aliphatic hydroxyl groups excluding tert-OH is 2. The molecule has 1 aromatic heterocycles. The molecular formula is C29H38ClN3O3. The fraction of sp³-hybridized carbons (Fsp3) is 0.517. The van der Waals surface area contributed by atoms with E-state index in [4.69, 9.17) is 11.6 Å². The molecule has 194 valence electrons. The fourth-order valence-electron chi connectivity index (χ4n) is 5.53. The van der Waals surface area contributed by atoms with Crippen LogP contribution in [0.15, 0.2) is 48.5 Å². The van der Waals surface area contributed by atoms with Gasteiger partial charge in [-0.2, -0.15) is 0 Å². The van der Waals surface area contributed by atoms with Gasteiger partial charge in [-0.25, -0.2) is 4.98 Å². The zero-order valence-corrected chi connectivity index (χ0v) is 22.2. The molecule has 0 saturated heterocycles. The summed E-state index contributed by atoms with van der Waals surface area (Å²) < 4.78 is 2.01. The summed E-state index contributed by atoms with van der Waals surface area (Å²) in [6, 6.07) is 15.6. The number of hydrogen-bond donors (Lipinski definition) is 3. The second-order valence-corrected chi connectivity index (χ2v) is 11.4. The first kappa shape index (κ1) is 26.6. The highest BCUT2D eigenvalue weighted by Gasteiger charge is 2.37. The highest BCUT2D eigenvalue weighted by Crippen LogP contribution is 2.41. The number of amides is 1. The highest BCUT2D eigenvalue weighted by atomic mass is 35.5. The third kappa shape index (κ3) is 6.28. The van der Waals surface area contributed by atoms with E-state index in [1.165, 1.54) is 0 Å². The number of nitrogens with one attached hydrogen (secondary N) is 1. The van der Waals surface area contributed by atoms with Crippen LogP contribution in [0.2, 0.25) is 5.02 Å². The Balaban J connectivity index is 1.43. The third-order valence-corrected chi connectivity index (χ3v) is 8.09. The van der Waals surface area contributed by atoms with Crippen LogP contribution >= 0.6 is 11.6 Å². The highest BCUT2D eigenvalue weighted by molar-refractivity contribution is 6.31. The second-order valence-electron chi connectivity index (χ2n) is 11.0. The van der Waals surface area contributed by atoms with E-state index in [1.54, 1.807) is 0 Å². The number of imidazole rings is 1. The lowest BCUT2D eigenvalue weighted by Crippen LogP contribution is -2.39. The van der Waals surface area contributed by atoms with Crippen LogP contribution < -0.4 is 5.32 Å². The van der Waals surface area contributed by atoms with Crippen molar-refractivity contribution in [2.75, 3.05) is 6.54 Å². The number of hydrogen-bond acceptors (Lipinski definition) is 4. The Kier molecular flexibility index (Phi) is 8.38. The van der Waals surface area contributed by atoms with Gasteiger partial charge in [0.1, 0.15) is 5.82 Å². The van der Waals surface area contributed by atoms with Gasteiger partial charge in [-0.3, -0.25) is 4.79 Å². The van der Waals surface area contributed by atoms with Gasteiger partial charge in [0, 0.05) is 37.4 Å². The van der Waals surface area contributed by atoms with Gasteiger partial charge in [0.2, 0.25) is 5.91 Å². The second kappa shape index (κ2) is 11.3. The molecule has 1 heterocycles. The van der Waals surface area contributed by atoms with Crippen molar-refractivity contribution in [1.82, 2.24) is 14.9 Å². The molecule has 7 heteroatoms. The summed E-state index contributed by atoms with van der Waals surface area (Å²) in [6.45, 7) is 4.85. The standard InChI is InChI=1S/C29H38ClN3O3/c1-19-13-14-29(2,17-22(28(36)25(34)15-19)20-7-5-4-6-8-20)18-31-27(35)12-11-26-32-23-16-21(30)9-10-24(23)33(26)3/h4-10,16,19,22,25,28,34,36H,11-15,17-18H2,1-3H3,(H,31,35)/t19-,22-,25+,28-,29+/m1/s1. The molecule has 0 spiro atoms. The Morgan fingerprint density at radius 1 is 1.22 bits per heavy atom. The summed E-state index contributed by atoms with van der Waals surface area (Å²) in [5, 5.41) is 25.7. The first-order valence-electron chi connectivity index (χ1n) is 12.9. The van der Waals surface area contributed by atoms with Gasteiger partial charge >= 0.3 is 0 Å². The number of benzene rings is 2. The number of aromatic nitrogens is 2. The average molecular weight is 512 g/mol. The van der Waals surface area contributed by atoms with Crippen LogP contribution in [-0.4, -0.2) is 44.4 Å². The molecule has 2 aromatic carbocycles. The molecule has 0 bridgehead atoms. The minimum absolute atomic E-state index is 0.00826. The van der Waals surface area contributed by atoms with Crippen molar-refractivity contribution in [1.29, 1.82) is 0 Å². The Labute approximate surface area is 218 Å². The normalized spacial score (nSPS) is 27.3. The predicted molar refractivity (Wildman–Crippen MR) is 144 cm³/mol. The summed E-state index contributed by atoms with van der Waals surface area (Å²) in [6.07, 6.45) is 2.42. The van der Waals surface area contributed by atoms with Crippen molar-refractivity contribution in [3.8, 4) is 0 Å². The van der Waals surface area contributed by atoms with E-state index in [0.717, 1.165) is 35.3 Å². The number of halogens is 1. The molecule has 3 aromatic rings. The Morgan fingerprint density at radius 3 is 2.72 bits per heavy atom. The quantitative estimate of drug-likeness (QED) is 0.434. The zero-order valence-electron chi connectivity index (χ0n) is 21.5. The van der Waals surface area contributed by atoms with E-state index in [2.05, 4.69) is 24.1 Å². The molecule has 4 rings (SSSR count). The van der Waals surface area contributed by atoms with E-state index in [1.807, 2.05) is 60.1 Å². The predicted octanol–water partition coefficient (Wildman–Crippen LogP) is 5.00. The van der Waals surface area contributed by atoms with E-state index < -0.39 is 12.2 Å². The average Bonchev–Trinajstić information content (AvgIpc) is 3.19. The Bertz CT molecular complexity index is 1180. The lowest BCUT2D eigenvalue weighted by molar-refractivity contribution is -0.121. The van der Waals surface area contributed by atoms with Crippen molar-refractivity contribution in [3.05, 3.63) is 64.9 Å². The van der Waals surface area contributed by atoms with Crippen molar-refractivity contribution in [2.45, 2.75) is 70.5 Å². The molecule has 0 unspecified atom stereocenters. The molecule has 1 aliphatic carbocycles. The monoisotopic (exact) mass is 511 g/mol. The summed E-state index contributed by atoms with van der Waals surface area (Å²) in [5.74, 6) is 0.947. The van der Waals surface area contributed by atoms with Crippen LogP contribution in [0.25, 0.3) is 11.0 Å². The first-order valence-corrected chi connectivity index (χ1v) is 13.3. The van der Waals surface area contributed by atoms with Crippen molar-refractivity contribution in [2.24, 2.45) is 18.4 Å². The minimum Gasteiger partial charge on any atom is -0.390 e. The molecule has 6 nitrogen and oxygen atoms in total. The number of rotatable bonds is 6. The third-order valence-electron chi connectivity index (χ3n) is 7.85. The minimum atomic E-state index is -0.839. The van der Waals surface area contributed by atoms with Gasteiger partial charge in [0.15, 0.2) is 0 Å². The summed E-state index contributed by atoms with van der Waals surface area (Å²) in [4.78, 5) is 17.5. The summed E-state index contributed by atoms with van der Waals surface area (Å²) >= 11 is 6.10. The number of aryl methyl sites for hydroxylation is 2. The molecule has 1 aliphatic rings. The van der Waals surface area contributed by atoms with Crippen LogP contribution in [0.5, 0.6) is 0 Å². The van der Waals surface area contributed by atoms with E-state index >= 15 is 0 Å². The number of fused-ring (bicyclic) bond motifs is 1. The maximum Gasteiger partial charge on any atom is 0.220 e.